The molecule has 7 nitrogen and oxygen atoms in total. The van der Waals surface area contributed by atoms with Gasteiger partial charge in [-0.2, -0.15) is 0 Å². The first-order chi connectivity index (χ1) is 8.02. The monoisotopic (exact) mass is 242 g/mol. The minimum Gasteiger partial charge on any atom is -0.382 e. The highest BCUT2D eigenvalue weighted by molar-refractivity contribution is 5.42. The summed E-state index contributed by atoms with van der Waals surface area (Å²) in [5.74, 6) is 0. The number of non-ortho nitro benzene ring substituents is 2. The van der Waals surface area contributed by atoms with E-state index >= 15 is 0 Å². The predicted octanol–water partition coefficient (Wildman–Crippen LogP) is 2.55. The van der Waals surface area contributed by atoms with Crippen LogP contribution < -0.4 is 0 Å². The maximum absolute atomic E-state index is 10.2. The molecule has 0 heterocycles. The Morgan fingerprint density at radius 2 is 1.47 bits per heavy atom. The Balaban J connectivity index is 0.000000437. The molecule has 0 radical (unpaired) electrons. The number of nitro groups is 2. The largest absolute Gasteiger partial charge is 0.382 e. The van der Waals surface area contributed by atoms with Gasteiger partial charge < -0.3 is 4.74 Å². The first-order valence-electron chi connectivity index (χ1n) is 4.99. The van der Waals surface area contributed by atoms with Crippen LogP contribution in [0, 0.1) is 20.2 Å². The molecule has 17 heavy (non-hydrogen) atoms. The fourth-order valence-corrected chi connectivity index (χ4v) is 0.924. The zero-order valence-corrected chi connectivity index (χ0v) is 9.66. The van der Waals surface area contributed by atoms with Crippen LogP contribution in [0.5, 0.6) is 0 Å². The van der Waals surface area contributed by atoms with Crippen LogP contribution in [0.25, 0.3) is 0 Å². The highest BCUT2D eigenvalue weighted by Crippen LogP contribution is 2.18. The lowest BCUT2D eigenvalue weighted by Gasteiger charge is -1.90. The zero-order chi connectivity index (χ0) is 13.3. The number of hydrogen-bond donors (Lipinski definition) is 0. The maximum atomic E-state index is 10.2. The topological polar surface area (TPSA) is 95.5 Å². The van der Waals surface area contributed by atoms with Gasteiger partial charge in [-0.15, -0.1) is 0 Å². The average Bonchev–Trinajstić information content (AvgIpc) is 2.31. The molecule has 0 bridgehead atoms. The van der Waals surface area contributed by atoms with E-state index in [9.17, 15) is 20.2 Å². The van der Waals surface area contributed by atoms with E-state index in [-0.39, 0.29) is 11.4 Å². The molecule has 1 aromatic rings. The molecule has 0 aliphatic heterocycles. The number of hydrogen-bond acceptors (Lipinski definition) is 5. The van der Waals surface area contributed by atoms with Crippen molar-refractivity contribution < 1.29 is 14.6 Å². The van der Waals surface area contributed by atoms with Crippen LogP contribution in [0.2, 0.25) is 0 Å². The Morgan fingerprint density at radius 1 is 1.06 bits per heavy atom. The molecule has 0 atom stereocenters. The van der Waals surface area contributed by atoms with Crippen molar-refractivity contribution in [3.63, 3.8) is 0 Å². The standard InChI is InChI=1S/C6H4N2O4.C4H10O/c9-7(10)5-2-1-3-6(4-5)8(11)12;1-3-5-4-2/h1-4H;3-4H2,1-2H3. The van der Waals surface area contributed by atoms with Gasteiger partial charge in [0.1, 0.15) is 0 Å². The summed E-state index contributed by atoms with van der Waals surface area (Å²) in [5, 5.41) is 20.3. The van der Waals surface area contributed by atoms with Crippen molar-refractivity contribution in [2.45, 2.75) is 13.8 Å². The molecule has 0 aromatic heterocycles. The van der Waals surface area contributed by atoms with E-state index in [1.165, 1.54) is 18.2 Å². The molecular formula is C10H14N2O5. The zero-order valence-electron chi connectivity index (χ0n) is 9.66. The van der Waals surface area contributed by atoms with Gasteiger partial charge in [0, 0.05) is 25.3 Å². The molecule has 1 aromatic carbocycles. The van der Waals surface area contributed by atoms with Crippen LogP contribution in [-0.2, 0) is 4.74 Å². The van der Waals surface area contributed by atoms with E-state index in [0.29, 0.717) is 0 Å². The lowest BCUT2D eigenvalue weighted by Crippen LogP contribution is -1.91. The summed E-state index contributed by atoms with van der Waals surface area (Å²) in [6.07, 6.45) is 0. The third-order valence-corrected chi connectivity index (χ3v) is 1.66. The molecule has 0 saturated carbocycles. The Hall–Kier alpha value is -2.02. The van der Waals surface area contributed by atoms with Gasteiger partial charge in [-0.25, -0.2) is 0 Å². The third kappa shape index (κ3) is 6.21. The Kier molecular flexibility index (Phi) is 7.20. The summed E-state index contributed by atoms with van der Waals surface area (Å²) in [5.41, 5.74) is -0.548. The smallest absolute Gasteiger partial charge is 0.276 e. The molecule has 94 valence electrons. The van der Waals surface area contributed by atoms with E-state index in [1.807, 2.05) is 13.8 Å². The molecule has 0 unspecified atom stereocenters. The molecule has 0 aliphatic carbocycles. The number of nitrogens with zero attached hydrogens (tertiary/aromatic N) is 2. The first kappa shape index (κ1) is 15.0. The van der Waals surface area contributed by atoms with Crippen molar-refractivity contribution in [3.05, 3.63) is 44.5 Å². The summed E-state index contributed by atoms with van der Waals surface area (Å²) in [6.45, 7) is 5.67. The number of benzene rings is 1. The highest BCUT2D eigenvalue weighted by Gasteiger charge is 2.11. The van der Waals surface area contributed by atoms with Gasteiger partial charge in [-0.3, -0.25) is 20.2 Å². The summed E-state index contributed by atoms with van der Waals surface area (Å²) < 4.78 is 4.83. The van der Waals surface area contributed by atoms with E-state index < -0.39 is 9.85 Å². The fourth-order valence-electron chi connectivity index (χ4n) is 0.924. The predicted molar refractivity (Wildman–Crippen MR) is 61.9 cm³/mol. The van der Waals surface area contributed by atoms with E-state index in [1.54, 1.807) is 0 Å². The SMILES string of the molecule is CCOCC.O=[N+]([O-])c1cccc([N+](=O)[O-])c1. The summed E-state index contributed by atoms with van der Waals surface area (Å²) in [7, 11) is 0. The second kappa shape index (κ2) is 8.17. The van der Waals surface area contributed by atoms with Crippen molar-refractivity contribution in [3.8, 4) is 0 Å². The van der Waals surface area contributed by atoms with Gasteiger partial charge in [0.2, 0.25) is 0 Å². The van der Waals surface area contributed by atoms with Gasteiger partial charge in [0.05, 0.1) is 15.9 Å². The van der Waals surface area contributed by atoms with Crippen LogP contribution in [0.3, 0.4) is 0 Å². The van der Waals surface area contributed by atoms with Gasteiger partial charge in [0.15, 0.2) is 0 Å². The Morgan fingerprint density at radius 3 is 1.71 bits per heavy atom. The number of nitro benzene ring substituents is 2. The molecular weight excluding hydrogens is 228 g/mol. The Bertz CT molecular complexity index is 349. The molecule has 0 spiro atoms. The first-order valence-corrected chi connectivity index (χ1v) is 4.99. The van der Waals surface area contributed by atoms with Crippen molar-refractivity contribution in [1.29, 1.82) is 0 Å². The van der Waals surface area contributed by atoms with Gasteiger partial charge in [-0.1, -0.05) is 0 Å². The minimum atomic E-state index is -0.674. The van der Waals surface area contributed by atoms with Crippen molar-refractivity contribution in [1.82, 2.24) is 0 Å². The van der Waals surface area contributed by atoms with E-state index in [4.69, 9.17) is 4.74 Å². The average molecular weight is 242 g/mol. The Labute approximate surface area is 98.3 Å². The molecule has 7 heteroatoms. The highest BCUT2D eigenvalue weighted by atomic mass is 16.6. The molecule has 0 N–H and O–H groups in total. The second-order valence-corrected chi connectivity index (χ2v) is 2.82. The molecule has 0 fully saturated rings. The van der Waals surface area contributed by atoms with Crippen LogP contribution in [0.1, 0.15) is 13.8 Å². The van der Waals surface area contributed by atoms with Crippen LogP contribution in [-0.4, -0.2) is 23.1 Å². The summed E-state index contributed by atoms with van der Waals surface area (Å²) >= 11 is 0. The van der Waals surface area contributed by atoms with Crippen molar-refractivity contribution in [2.24, 2.45) is 0 Å². The van der Waals surface area contributed by atoms with Gasteiger partial charge in [0.25, 0.3) is 11.4 Å². The quantitative estimate of drug-likeness (QED) is 0.597. The van der Waals surface area contributed by atoms with Gasteiger partial charge in [-0.05, 0) is 19.9 Å². The summed E-state index contributed by atoms with van der Waals surface area (Å²) in [6, 6.07) is 4.59. The van der Waals surface area contributed by atoms with E-state index in [2.05, 4.69) is 0 Å². The second-order valence-electron chi connectivity index (χ2n) is 2.82. The van der Waals surface area contributed by atoms with Crippen molar-refractivity contribution in [2.75, 3.05) is 13.2 Å². The number of rotatable bonds is 4. The lowest BCUT2D eigenvalue weighted by atomic mass is 10.3. The maximum Gasteiger partial charge on any atom is 0.276 e. The van der Waals surface area contributed by atoms with Crippen LogP contribution >= 0.6 is 0 Å². The molecule has 0 saturated heterocycles. The van der Waals surface area contributed by atoms with Gasteiger partial charge >= 0.3 is 0 Å². The molecule has 0 amide bonds. The van der Waals surface area contributed by atoms with Crippen LogP contribution in [0.4, 0.5) is 11.4 Å². The van der Waals surface area contributed by atoms with E-state index in [0.717, 1.165) is 19.3 Å². The fraction of sp³-hybridized carbons (Fsp3) is 0.400. The lowest BCUT2D eigenvalue weighted by molar-refractivity contribution is -0.394. The summed E-state index contributed by atoms with van der Waals surface area (Å²) in [4.78, 5) is 19.0. The third-order valence-electron chi connectivity index (χ3n) is 1.66. The normalized spacial score (nSPS) is 9.06. The number of ether oxygens (including phenoxy) is 1. The minimum absolute atomic E-state index is 0.274. The van der Waals surface area contributed by atoms with Crippen LogP contribution in [0.15, 0.2) is 24.3 Å². The van der Waals surface area contributed by atoms with Crippen molar-refractivity contribution >= 4 is 11.4 Å². The molecule has 1 rings (SSSR count). The molecule has 0 aliphatic rings.